The maximum absolute atomic E-state index is 13.4. The van der Waals surface area contributed by atoms with Crippen LogP contribution < -0.4 is 0 Å². The summed E-state index contributed by atoms with van der Waals surface area (Å²) in [5, 5.41) is 4.12. The van der Waals surface area contributed by atoms with Crippen LogP contribution in [0.5, 0.6) is 0 Å². The van der Waals surface area contributed by atoms with Gasteiger partial charge in [-0.25, -0.2) is 4.39 Å². The summed E-state index contributed by atoms with van der Waals surface area (Å²) in [6, 6.07) is 4.93. The van der Waals surface area contributed by atoms with E-state index in [-0.39, 0.29) is 11.4 Å². The molecular formula is C16H18FN3O. The number of hydrogen-bond acceptors (Lipinski definition) is 4. The van der Waals surface area contributed by atoms with Crippen molar-refractivity contribution in [3.8, 4) is 11.4 Å². The molecule has 3 heterocycles. The molecule has 5 heteroatoms. The highest BCUT2D eigenvalue weighted by Gasteiger charge is 2.49. The van der Waals surface area contributed by atoms with Crippen LogP contribution in [0.2, 0.25) is 0 Å². The summed E-state index contributed by atoms with van der Waals surface area (Å²) < 4.78 is 19.0. The number of aryl methyl sites for hydroxylation is 1. The Hall–Kier alpha value is -1.75. The van der Waals surface area contributed by atoms with Gasteiger partial charge in [-0.15, -0.1) is 0 Å². The van der Waals surface area contributed by atoms with Crippen LogP contribution in [0.4, 0.5) is 4.39 Å². The normalized spacial score (nSPS) is 20.9. The first-order valence-corrected chi connectivity index (χ1v) is 7.55. The fraction of sp³-hybridized carbons (Fsp3) is 0.500. The Morgan fingerprint density at radius 1 is 1.24 bits per heavy atom. The van der Waals surface area contributed by atoms with Crippen molar-refractivity contribution in [2.45, 2.75) is 38.1 Å². The van der Waals surface area contributed by atoms with E-state index in [1.54, 1.807) is 19.1 Å². The van der Waals surface area contributed by atoms with E-state index in [1.807, 2.05) is 0 Å². The van der Waals surface area contributed by atoms with Gasteiger partial charge in [-0.3, -0.25) is 4.90 Å². The second kappa shape index (κ2) is 4.63. The molecule has 2 aromatic rings. The summed E-state index contributed by atoms with van der Waals surface area (Å²) in [6.07, 6.45) is 4.56. The maximum Gasteiger partial charge on any atom is 0.247 e. The number of nitrogens with zero attached hydrogens (tertiary/aromatic N) is 3. The van der Waals surface area contributed by atoms with Crippen molar-refractivity contribution in [3.63, 3.8) is 0 Å². The number of halogens is 1. The van der Waals surface area contributed by atoms with Crippen LogP contribution in [0, 0.1) is 12.7 Å². The van der Waals surface area contributed by atoms with E-state index in [0.717, 1.165) is 37.4 Å². The molecule has 0 unspecified atom stereocenters. The summed E-state index contributed by atoms with van der Waals surface area (Å²) in [5.41, 5.74) is 1.36. The maximum atomic E-state index is 13.4. The lowest BCUT2D eigenvalue weighted by Crippen LogP contribution is -2.35. The van der Waals surface area contributed by atoms with Crippen LogP contribution >= 0.6 is 0 Å². The SMILES string of the molecule is Cc1cc(-c2noc(C34CCCN3CCC4)n2)ccc1F. The van der Waals surface area contributed by atoms with Crippen LogP contribution in [0.3, 0.4) is 0 Å². The highest BCUT2D eigenvalue weighted by molar-refractivity contribution is 5.55. The van der Waals surface area contributed by atoms with Crippen LogP contribution in [-0.4, -0.2) is 28.1 Å². The molecule has 2 saturated heterocycles. The number of benzene rings is 1. The third kappa shape index (κ3) is 1.91. The zero-order valence-electron chi connectivity index (χ0n) is 12.1. The van der Waals surface area contributed by atoms with Crippen molar-refractivity contribution < 1.29 is 8.91 Å². The van der Waals surface area contributed by atoms with Crippen molar-refractivity contribution in [3.05, 3.63) is 35.5 Å². The standard InChI is InChI=1S/C16H18FN3O/c1-11-10-12(4-5-13(11)17)14-18-15(21-19-14)16-6-2-8-20(16)9-3-7-16/h4-5,10H,2-3,6-9H2,1H3. The average molecular weight is 287 g/mol. The Labute approximate surface area is 123 Å². The minimum atomic E-state index is -0.209. The molecule has 4 rings (SSSR count). The van der Waals surface area contributed by atoms with Gasteiger partial charge in [0.1, 0.15) is 11.4 Å². The van der Waals surface area contributed by atoms with E-state index < -0.39 is 0 Å². The molecule has 110 valence electrons. The minimum absolute atomic E-state index is 0.0413. The first-order valence-electron chi connectivity index (χ1n) is 7.55. The monoisotopic (exact) mass is 287 g/mol. The van der Waals surface area contributed by atoms with Gasteiger partial charge in [-0.1, -0.05) is 5.16 Å². The molecule has 0 radical (unpaired) electrons. The molecule has 1 aromatic heterocycles. The van der Waals surface area contributed by atoms with Crippen molar-refractivity contribution in [2.75, 3.05) is 13.1 Å². The zero-order chi connectivity index (χ0) is 14.4. The number of rotatable bonds is 2. The number of aromatic nitrogens is 2. The Morgan fingerprint density at radius 3 is 2.71 bits per heavy atom. The molecule has 0 amide bonds. The van der Waals surface area contributed by atoms with Crippen LogP contribution in [0.15, 0.2) is 22.7 Å². The highest BCUT2D eigenvalue weighted by atomic mass is 19.1. The van der Waals surface area contributed by atoms with Gasteiger partial charge < -0.3 is 4.52 Å². The van der Waals surface area contributed by atoms with E-state index in [1.165, 1.54) is 18.9 Å². The van der Waals surface area contributed by atoms with E-state index in [0.29, 0.717) is 11.4 Å². The molecule has 0 spiro atoms. The first kappa shape index (κ1) is 13.0. The van der Waals surface area contributed by atoms with Crippen molar-refractivity contribution in [1.82, 2.24) is 15.0 Å². The predicted molar refractivity (Wildman–Crippen MR) is 76.1 cm³/mol. The summed E-state index contributed by atoms with van der Waals surface area (Å²) in [7, 11) is 0. The summed E-state index contributed by atoms with van der Waals surface area (Å²) in [4.78, 5) is 7.10. The quantitative estimate of drug-likeness (QED) is 0.850. The molecule has 4 nitrogen and oxygen atoms in total. The highest BCUT2D eigenvalue weighted by Crippen LogP contribution is 2.46. The molecule has 0 atom stereocenters. The van der Waals surface area contributed by atoms with E-state index >= 15 is 0 Å². The van der Waals surface area contributed by atoms with Gasteiger partial charge >= 0.3 is 0 Å². The molecule has 21 heavy (non-hydrogen) atoms. The van der Waals surface area contributed by atoms with Gasteiger partial charge in [-0.2, -0.15) is 4.98 Å². The summed E-state index contributed by atoms with van der Waals surface area (Å²) >= 11 is 0. The Bertz CT molecular complexity index is 672. The Balaban J connectivity index is 1.71. The van der Waals surface area contributed by atoms with Gasteiger partial charge in [0.15, 0.2) is 0 Å². The van der Waals surface area contributed by atoms with Gasteiger partial charge in [0, 0.05) is 5.56 Å². The molecule has 0 aliphatic carbocycles. The first-order chi connectivity index (χ1) is 10.2. The lowest BCUT2D eigenvalue weighted by Gasteiger charge is -2.27. The molecule has 1 aromatic carbocycles. The third-order valence-corrected chi connectivity index (χ3v) is 4.88. The van der Waals surface area contributed by atoms with E-state index in [9.17, 15) is 4.39 Å². The summed E-state index contributed by atoms with van der Waals surface area (Å²) in [5.74, 6) is 1.08. The fourth-order valence-corrected chi connectivity index (χ4v) is 3.77. The number of hydrogen-bond donors (Lipinski definition) is 0. The number of fused-ring (bicyclic) bond motifs is 1. The summed E-state index contributed by atoms with van der Waals surface area (Å²) in [6.45, 7) is 3.98. The van der Waals surface area contributed by atoms with Crippen molar-refractivity contribution in [1.29, 1.82) is 0 Å². The molecule has 0 N–H and O–H groups in total. The van der Waals surface area contributed by atoms with Crippen LogP contribution in [0.25, 0.3) is 11.4 Å². The largest absolute Gasteiger partial charge is 0.337 e. The molecule has 2 fully saturated rings. The van der Waals surface area contributed by atoms with E-state index in [2.05, 4.69) is 15.0 Å². The molecule has 0 bridgehead atoms. The van der Waals surface area contributed by atoms with Gasteiger partial charge in [-0.05, 0) is 69.5 Å². The van der Waals surface area contributed by atoms with Gasteiger partial charge in [0.2, 0.25) is 11.7 Å². The lowest BCUT2D eigenvalue weighted by molar-refractivity contribution is 0.143. The predicted octanol–water partition coefficient (Wildman–Crippen LogP) is 3.27. The topological polar surface area (TPSA) is 42.2 Å². The average Bonchev–Trinajstić information content (AvgIpc) is 3.14. The van der Waals surface area contributed by atoms with E-state index in [4.69, 9.17) is 4.52 Å². The Morgan fingerprint density at radius 2 is 2.00 bits per heavy atom. The van der Waals surface area contributed by atoms with Gasteiger partial charge in [0.05, 0.1) is 0 Å². The second-order valence-electron chi connectivity index (χ2n) is 6.11. The molecule has 2 aliphatic rings. The molecule has 2 aliphatic heterocycles. The zero-order valence-corrected chi connectivity index (χ0v) is 12.1. The molecular weight excluding hydrogens is 269 g/mol. The Kier molecular flexibility index (Phi) is 2.85. The fourth-order valence-electron chi connectivity index (χ4n) is 3.77. The van der Waals surface area contributed by atoms with Crippen molar-refractivity contribution >= 4 is 0 Å². The van der Waals surface area contributed by atoms with Crippen molar-refractivity contribution in [2.24, 2.45) is 0 Å². The third-order valence-electron chi connectivity index (χ3n) is 4.88. The molecule has 0 saturated carbocycles. The van der Waals surface area contributed by atoms with Gasteiger partial charge in [0.25, 0.3) is 0 Å². The lowest BCUT2D eigenvalue weighted by atomic mass is 9.94. The minimum Gasteiger partial charge on any atom is -0.337 e. The second-order valence-corrected chi connectivity index (χ2v) is 6.11. The smallest absolute Gasteiger partial charge is 0.247 e. The van der Waals surface area contributed by atoms with Crippen LogP contribution in [-0.2, 0) is 5.54 Å². The van der Waals surface area contributed by atoms with Crippen LogP contribution in [0.1, 0.15) is 37.1 Å².